The highest BCUT2D eigenvalue weighted by Gasteiger charge is 2.23. The van der Waals surface area contributed by atoms with Gasteiger partial charge in [0, 0.05) is 23.5 Å². The fourth-order valence-electron chi connectivity index (χ4n) is 3.21. The average molecular weight is 353 g/mol. The van der Waals surface area contributed by atoms with Crippen molar-refractivity contribution in [2.75, 3.05) is 13.2 Å². The van der Waals surface area contributed by atoms with Gasteiger partial charge >= 0.3 is 5.97 Å². The second-order valence-electron chi connectivity index (χ2n) is 5.97. The van der Waals surface area contributed by atoms with E-state index in [1.165, 1.54) is 0 Å². The van der Waals surface area contributed by atoms with Crippen molar-refractivity contribution < 1.29 is 19.4 Å². The Morgan fingerprint density at radius 1 is 1.08 bits per heavy atom. The van der Waals surface area contributed by atoms with E-state index in [4.69, 9.17) is 9.47 Å². The first-order chi connectivity index (χ1) is 12.6. The van der Waals surface area contributed by atoms with Crippen molar-refractivity contribution in [3.63, 3.8) is 0 Å². The molecule has 2 aromatic carbocycles. The van der Waals surface area contributed by atoms with Gasteiger partial charge in [-0.15, -0.1) is 0 Å². The summed E-state index contributed by atoms with van der Waals surface area (Å²) in [5, 5.41) is 10.4. The normalized spacial score (nSPS) is 10.9. The van der Waals surface area contributed by atoms with Crippen LogP contribution in [0.25, 0.3) is 22.0 Å². The number of fused-ring (bicyclic) bond motifs is 1. The minimum absolute atomic E-state index is 0.0533. The molecule has 0 saturated carbocycles. The zero-order valence-electron chi connectivity index (χ0n) is 15.3. The molecule has 0 aliphatic carbocycles. The van der Waals surface area contributed by atoms with Crippen LogP contribution in [0.3, 0.4) is 0 Å². The Morgan fingerprint density at radius 2 is 1.81 bits per heavy atom. The van der Waals surface area contributed by atoms with Crippen molar-refractivity contribution in [2.45, 2.75) is 20.5 Å². The Balaban J connectivity index is 2.25. The van der Waals surface area contributed by atoms with Crippen LogP contribution in [0.2, 0.25) is 0 Å². The summed E-state index contributed by atoms with van der Waals surface area (Å²) in [5.41, 5.74) is 3.91. The molecule has 0 bridgehead atoms. The maximum absolute atomic E-state index is 12.6. The number of benzene rings is 2. The molecule has 5 heteroatoms. The van der Waals surface area contributed by atoms with Gasteiger partial charge in [-0.2, -0.15) is 0 Å². The molecule has 3 rings (SSSR count). The SMILES string of the molecule is CCOC(=O)c1c(-c2ccc(OCC)cc2)c2cc(CO)ccc2n1C. The Bertz CT molecular complexity index is 925. The fourth-order valence-corrected chi connectivity index (χ4v) is 3.21. The topological polar surface area (TPSA) is 60.7 Å². The van der Waals surface area contributed by atoms with E-state index in [2.05, 4.69) is 0 Å². The number of nitrogens with zero attached hydrogens (tertiary/aromatic N) is 1. The number of hydrogen-bond donors (Lipinski definition) is 1. The summed E-state index contributed by atoms with van der Waals surface area (Å²) >= 11 is 0. The molecular weight excluding hydrogens is 330 g/mol. The molecule has 0 saturated heterocycles. The van der Waals surface area contributed by atoms with Crippen molar-refractivity contribution >= 4 is 16.9 Å². The number of carbonyl (C=O) groups is 1. The summed E-state index contributed by atoms with van der Waals surface area (Å²) in [5.74, 6) is 0.422. The number of carbonyl (C=O) groups excluding carboxylic acids is 1. The first kappa shape index (κ1) is 18.0. The Hall–Kier alpha value is -2.79. The summed E-state index contributed by atoms with van der Waals surface area (Å²) in [7, 11) is 1.85. The molecule has 1 aromatic heterocycles. The van der Waals surface area contributed by atoms with Crippen LogP contribution < -0.4 is 4.74 Å². The Morgan fingerprint density at radius 3 is 2.42 bits per heavy atom. The van der Waals surface area contributed by atoms with Crippen molar-refractivity contribution in [3.8, 4) is 16.9 Å². The van der Waals surface area contributed by atoms with Gasteiger partial charge in [-0.25, -0.2) is 4.79 Å². The lowest BCUT2D eigenvalue weighted by molar-refractivity contribution is 0.0517. The van der Waals surface area contributed by atoms with Gasteiger partial charge in [0.2, 0.25) is 0 Å². The lowest BCUT2D eigenvalue weighted by Crippen LogP contribution is -2.11. The highest BCUT2D eigenvalue weighted by molar-refractivity contribution is 6.08. The van der Waals surface area contributed by atoms with E-state index >= 15 is 0 Å². The van der Waals surface area contributed by atoms with Crippen LogP contribution in [0.4, 0.5) is 0 Å². The molecule has 0 unspecified atom stereocenters. The van der Waals surface area contributed by atoms with Gasteiger partial charge in [0.1, 0.15) is 11.4 Å². The summed E-state index contributed by atoms with van der Waals surface area (Å²) in [6, 6.07) is 13.4. The first-order valence-electron chi connectivity index (χ1n) is 8.73. The molecule has 0 amide bonds. The molecule has 5 nitrogen and oxygen atoms in total. The lowest BCUT2D eigenvalue weighted by atomic mass is 10.0. The van der Waals surface area contributed by atoms with Gasteiger partial charge in [0.25, 0.3) is 0 Å². The zero-order chi connectivity index (χ0) is 18.7. The third-order valence-electron chi connectivity index (χ3n) is 4.37. The maximum Gasteiger partial charge on any atom is 0.355 e. The summed E-state index contributed by atoms with van der Waals surface area (Å²) < 4.78 is 12.6. The van der Waals surface area contributed by atoms with Crippen LogP contribution in [-0.2, 0) is 18.4 Å². The van der Waals surface area contributed by atoms with Crippen LogP contribution in [0.5, 0.6) is 5.75 Å². The van der Waals surface area contributed by atoms with Crippen molar-refractivity contribution in [1.82, 2.24) is 4.57 Å². The van der Waals surface area contributed by atoms with Crippen LogP contribution >= 0.6 is 0 Å². The number of esters is 1. The van der Waals surface area contributed by atoms with E-state index in [-0.39, 0.29) is 12.6 Å². The smallest absolute Gasteiger partial charge is 0.355 e. The number of ether oxygens (including phenoxy) is 2. The predicted octanol–water partition coefficient (Wildman–Crippen LogP) is 3.91. The van der Waals surface area contributed by atoms with Crippen molar-refractivity contribution in [3.05, 3.63) is 53.7 Å². The Kier molecular flexibility index (Phi) is 5.28. The zero-order valence-corrected chi connectivity index (χ0v) is 15.3. The molecular formula is C21H23NO4. The van der Waals surface area contributed by atoms with E-state index in [1.807, 2.05) is 61.0 Å². The molecule has 26 heavy (non-hydrogen) atoms. The van der Waals surface area contributed by atoms with Crippen LogP contribution in [0, 0.1) is 0 Å². The largest absolute Gasteiger partial charge is 0.494 e. The van der Waals surface area contributed by atoms with Crippen LogP contribution in [0.1, 0.15) is 29.9 Å². The predicted molar refractivity (Wildman–Crippen MR) is 101 cm³/mol. The standard InChI is InChI=1S/C21H23NO4/c1-4-25-16-9-7-15(8-10-16)19-17-12-14(13-23)6-11-18(17)22(3)20(19)21(24)26-5-2/h6-12,23H,4-5,13H2,1-3H3. The van der Waals surface area contributed by atoms with E-state index in [1.54, 1.807) is 6.92 Å². The molecule has 136 valence electrons. The number of aryl methyl sites for hydroxylation is 1. The summed E-state index contributed by atoms with van der Waals surface area (Å²) in [6.07, 6.45) is 0. The third kappa shape index (κ3) is 3.18. The van der Waals surface area contributed by atoms with Gasteiger partial charge in [-0.3, -0.25) is 0 Å². The van der Waals surface area contributed by atoms with E-state index in [0.29, 0.717) is 18.9 Å². The number of aromatic nitrogens is 1. The number of hydrogen-bond acceptors (Lipinski definition) is 4. The van der Waals surface area contributed by atoms with E-state index < -0.39 is 0 Å². The fraction of sp³-hybridized carbons (Fsp3) is 0.286. The molecule has 0 atom stereocenters. The van der Waals surface area contributed by atoms with Crippen molar-refractivity contribution in [2.24, 2.45) is 7.05 Å². The Labute approximate surface area is 152 Å². The molecule has 0 fully saturated rings. The van der Waals surface area contributed by atoms with E-state index in [0.717, 1.165) is 33.3 Å². The summed E-state index contributed by atoms with van der Waals surface area (Å²) in [4.78, 5) is 12.6. The van der Waals surface area contributed by atoms with E-state index in [9.17, 15) is 9.90 Å². The minimum Gasteiger partial charge on any atom is -0.494 e. The monoisotopic (exact) mass is 353 g/mol. The second kappa shape index (κ2) is 7.62. The molecule has 0 radical (unpaired) electrons. The molecule has 0 spiro atoms. The second-order valence-corrected chi connectivity index (χ2v) is 5.97. The van der Waals surface area contributed by atoms with Crippen LogP contribution in [0.15, 0.2) is 42.5 Å². The van der Waals surface area contributed by atoms with Crippen molar-refractivity contribution in [1.29, 1.82) is 0 Å². The number of rotatable bonds is 6. The molecule has 0 aliphatic rings. The molecule has 1 heterocycles. The van der Waals surface area contributed by atoms with Gasteiger partial charge in [-0.05, 0) is 49.2 Å². The molecule has 0 aliphatic heterocycles. The number of aliphatic hydroxyl groups excluding tert-OH is 1. The molecule has 1 N–H and O–H groups in total. The quantitative estimate of drug-likeness (QED) is 0.683. The lowest BCUT2D eigenvalue weighted by Gasteiger charge is -2.09. The molecule has 3 aromatic rings. The third-order valence-corrected chi connectivity index (χ3v) is 4.37. The summed E-state index contributed by atoms with van der Waals surface area (Å²) in [6.45, 7) is 4.59. The van der Waals surface area contributed by atoms with Gasteiger partial charge < -0.3 is 19.1 Å². The van der Waals surface area contributed by atoms with Gasteiger partial charge in [0.15, 0.2) is 0 Å². The first-order valence-corrected chi connectivity index (χ1v) is 8.73. The highest BCUT2D eigenvalue weighted by Crippen LogP contribution is 2.36. The number of aliphatic hydroxyl groups is 1. The maximum atomic E-state index is 12.6. The average Bonchev–Trinajstić information content (AvgIpc) is 2.95. The minimum atomic E-state index is -0.361. The van der Waals surface area contributed by atoms with Gasteiger partial charge in [0.05, 0.1) is 19.8 Å². The highest BCUT2D eigenvalue weighted by atomic mass is 16.5. The van der Waals surface area contributed by atoms with Gasteiger partial charge in [-0.1, -0.05) is 18.2 Å². The van der Waals surface area contributed by atoms with Crippen LogP contribution in [-0.4, -0.2) is 28.9 Å².